The van der Waals surface area contributed by atoms with E-state index in [0.29, 0.717) is 0 Å². The first-order valence-corrected chi connectivity index (χ1v) is 6.29. The molecule has 1 N–H and O–H groups in total. The number of thioether (sulfide) groups is 1. The molecule has 0 saturated carbocycles. The van der Waals surface area contributed by atoms with E-state index in [2.05, 4.69) is 27.9 Å². The average molecular weight is 224 g/mol. The number of benzene rings is 1. The largest absolute Gasteiger partial charge is 0.331 e. The molecule has 0 unspecified atom stereocenters. The molecule has 0 aliphatic rings. The van der Waals surface area contributed by atoms with Crippen LogP contribution < -0.4 is 0 Å². The lowest BCUT2D eigenvalue weighted by Gasteiger charge is -2.01. The third kappa shape index (κ3) is 1.72. The fraction of sp³-hybridized carbons (Fsp3) is 0.300. The van der Waals surface area contributed by atoms with Crippen molar-refractivity contribution in [2.45, 2.75) is 6.54 Å². The van der Waals surface area contributed by atoms with Gasteiger partial charge in [0, 0.05) is 12.3 Å². The summed E-state index contributed by atoms with van der Waals surface area (Å²) < 4.78 is 2.97. The maximum absolute atomic E-state index is 5.26. The minimum absolute atomic E-state index is 0.820. The fourth-order valence-corrected chi connectivity index (χ4v) is 2.18. The van der Waals surface area contributed by atoms with Gasteiger partial charge in [-0.2, -0.15) is 11.8 Å². The van der Waals surface area contributed by atoms with Gasteiger partial charge >= 0.3 is 0 Å². The zero-order chi connectivity index (χ0) is 9.97. The Bertz CT molecular complexity index is 484. The summed E-state index contributed by atoms with van der Waals surface area (Å²) >= 11 is 7.10. The third-order valence-corrected chi connectivity index (χ3v) is 3.11. The number of nitrogens with one attached hydrogen (secondary N) is 1. The predicted molar refractivity (Wildman–Crippen MR) is 65.5 cm³/mol. The van der Waals surface area contributed by atoms with Gasteiger partial charge in [0.05, 0.1) is 11.0 Å². The molecule has 0 atom stereocenters. The predicted octanol–water partition coefficient (Wildman–Crippen LogP) is 3.06. The van der Waals surface area contributed by atoms with E-state index in [-0.39, 0.29) is 0 Å². The number of para-hydroxylation sites is 2. The molecule has 0 spiro atoms. The maximum atomic E-state index is 5.26. The van der Waals surface area contributed by atoms with Gasteiger partial charge in [-0.15, -0.1) is 0 Å². The van der Waals surface area contributed by atoms with Gasteiger partial charge in [0.2, 0.25) is 0 Å². The second-order valence-corrected chi connectivity index (χ2v) is 4.46. The van der Waals surface area contributed by atoms with Crippen LogP contribution in [0.5, 0.6) is 0 Å². The first-order valence-electron chi connectivity index (χ1n) is 4.49. The third-order valence-electron chi connectivity index (χ3n) is 2.20. The summed E-state index contributed by atoms with van der Waals surface area (Å²) in [6, 6.07) is 8.22. The minimum Gasteiger partial charge on any atom is -0.331 e. The minimum atomic E-state index is 0.820. The number of nitrogens with zero attached hydrogens (tertiary/aromatic N) is 1. The van der Waals surface area contributed by atoms with Gasteiger partial charge in [0.15, 0.2) is 4.77 Å². The van der Waals surface area contributed by atoms with Crippen molar-refractivity contribution in [1.82, 2.24) is 9.55 Å². The highest BCUT2D eigenvalue weighted by molar-refractivity contribution is 7.98. The van der Waals surface area contributed by atoms with E-state index in [1.54, 1.807) is 0 Å². The first-order chi connectivity index (χ1) is 6.83. The summed E-state index contributed by atoms with van der Waals surface area (Å²) in [7, 11) is 0. The number of aromatic amines is 1. The van der Waals surface area contributed by atoms with Crippen molar-refractivity contribution >= 4 is 35.0 Å². The van der Waals surface area contributed by atoms with Crippen LogP contribution in [0.25, 0.3) is 11.0 Å². The van der Waals surface area contributed by atoms with Crippen molar-refractivity contribution in [2.24, 2.45) is 0 Å². The van der Waals surface area contributed by atoms with Crippen LogP contribution >= 0.6 is 24.0 Å². The molecule has 0 aliphatic carbocycles. The van der Waals surface area contributed by atoms with Crippen molar-refractivity contribution in [1.29, 1.82) is 0 Å². The van der Waals surface area contributed by atoms with Crippen molar-refractivity contribution in [2.75, 3.05) is 12.0 Å². The molecular formula is C10H12N2S2. The van der Waals surface area contributed by atoms with Gasteiger partial charge in [-0.05, 0) is 30.6 Å². The van der Waals surface area contributed by atoms with Gasteiger partial charge in [0.1, 0.15) is 0 Å². The molecular weight excluding hydrogens is 212 g/mol. The fourth-order valence-electron chi connectivity index (χ4n) is 1.51. The molecule has 4 heteroatoms. The van der Waals surface area contributed by atoms with E-state index in [9.17, 15) is 0 Å². The molecule has 1 aromatic heterocycles. The normalized spacial score (nSPS) is 10.9. The Balaban J connectivity index is 2.51. The Kier molecular flexibility index (Phi) is 2.93. The van der Waals surface area contributed by atoms with Crippen LogP contribution in [0.15, 0.2) is 24.3 Å². The molecule has 74 valence electrons. The zero-order valence-corrected chi connectivity index (χ0v) is 9.62. The van der Waals surface area contributed by atoms with Crippen molar-refractivity contribution in [3.63, 3.8) is 0 Å². The number of fused-ring (bicyclic) bond motifs is 1. The highest BCUT2D eigenvalue weighted by Gasteiger charge is 2.01. The number of hydrogen-bond donors (Lipinski definition) is 1. The van der Waals surface area contributed by atoms with Gasteiger partial charge in [0.25, 0.3) is 0 Å². The van der Waals surface area contributed by atoms with Crippen LogP contribution in [0.4, 0.5) is 0 Å². The lowest BCUT2D eigenvalue weighted by atomic mass is 10.3. The zero-order valence-electron chi connectivity index (χ0n) is 7.99. The number of imidazole rings is 1. The molecule has 0 amide bonds. The summed E-state index contributed by atoms with van der Waals surface area (Å²) in [6.45, 7) is 0.976. The van der Waals surface area contributed by atoms with Crippen LogP contribution in [0, 0.1) is 4.77 Å². The van der Waals surface area contributed by atoms with Crippen LogP contribution in [0.3, 0.4) is 0 Å². The second-order valence-electron chi connectivity index (χ2n) is 3.09. The second kappa shape index (κ2) is 4.19. The number of aromatic nitrogens is 2. The topological polar surface area (TPSA) is 20.7 Å². The summed E-state index contributed by atoms with van der Waals surface area (Å²) in [6.07, 6.45) is 2.11. The smallest absolute Gasteiger partial charge is 0.178 e. The number of rotatable bonds is 3. The molecule has 2 nitrogen and oxygen atoms in total. The van der Waals surface area contributed by atoms with Crippen molar-refractivity contribution in [3.05, 3.63) is 29.0 Å². The van der Waals surface area contributed by atoms with E-state index in [0.717, 1.165) is 22.6 Å². The molecule has 14 heavy (non-hydrogen) atoms. The maximum Gasteiger partial charge on any atom is 0.178 e. The quantitative estimate of drug-likeness (QED) is 0.809. The lowest BCUT2D eigenvalue weighted by molar-refractivity contribution is 0.784. The van der Waals surface area contributed by atoms with Gasteiger partial charge in [-0.25, -0.2) is 0 Å². The van der Waals surface area contributed by atoms with E-state index in [1.165, 1.54) is 5.52 Å². The summed E-state index contributed by atoms with van der Waals surface area (Å²) in [5.41, 5.74) is 2.32. The molecule has 0 fully saturated rings. The molecule has 0 radical (unpaired) electrons. The Hall–Kier alpha value is -0.740. The monoisotopic (exact) mass is 224 g/mol. The van der Waals surface area contributed by atoms with E-state index in [4.69, 9.17) is 12.2 Å². The van der Waals surface area contributed by atoms with Crippen LogP contribution in [0.2, 0.25) is 0 Å². The van der Waals surface area contributed by atoms with Crippen LogP contribution in [-0.4, -0.2) is 21.6 Å². The molecule has 0 bridgehead atoms. The van der Waals surface area contributed by atoms with Crippen LogP contribution in [0.1, 0.15) is 0 Å². The van der Waals surface area contributed by atoms with E-state index in [1.807, 2.05) is 23.9 Å². The first kappa shape index (κ1) is 9.80. The number of hydrogen-bond acceptors (Lipinski definition) is 2. The summed E-state index contributed by atoms with van der Waals surface area (Å²) in [5, 5.41) is 0. The molecule has 1 heterocycles. The Morgan fingerprint density at radius 2 is 2.21 bits per heavy atom. The van der Waals surface area contributed by atoms with E-state index >= 15 is 0 Å². The summed E-state index contributed by atoms with van der Waals surface area (Å²) in [4.78, 5) is 3.20. The highest BCUT2D eigenvalue weighted by atomic mass is 32.2. The SMILES string of the molecule is CSCCn1c(=S)[nH]c2ccccc21. The standard InChI is InChI=1S/C10H12N2S2/c1-14-7-6-12-9-5-3-2-4-8(9)11-10(12)13/h2-5H,6-7H2,1H3,(H,11,13). The van der Waals surface area contributed by atoms with Gasteiger partial charge < -0.3 is 9.55 Å². The lowest BCUT2D eigenvalue weighted by Crippen LogP contribution is -1.99. The Morgan fingerprint density at radius 1 is 1.43 bits per heavy atom. The molecule has 2 rings (SSSR count). The summed E-state index contributed by atoms with van der Waals surface area (Å²) in [5.74, 6) is 1.09. The van der Waals surface area contributed by atoms with Crippen molar-refractivity contribution < 1.29 is 0 Å². The molecule has 0 aliphatic heterocycles. The Morgan fingerprint density at radius 3 is 3.00 bits per heavy atom. The number of aryl methyl sites for hydroxylation is 1. The van der Waals surface area contributed by atoms with Crippen LogP contribution in [-0.2, 0) is 6.54 Å². The highest BCUT2D eigenvalue weighted by Crippen LogP contribution is 2.13. The average Bonchev–Trinajstić information content (AvgIpc) is 2.51. The van der Waals surface area contributed by atoms with Gasteiger partial charge in [-0.3, -0.25) is 0 Å². The molecule has 0 saturated heterocycles. The Labute approximate surface area is 92.3 Å². The molecule has 1 aromatic carbocycles. The molecule has 2 aromatic rings. The van der Waals surface area contributed by atoms with E-state index < -0.39 is 0 Å². The van der Waals surface area contributed by atoms with Gasteiger partial charge in [-0.1, -0.05) is 12.1 Å². The number of H-pyrrole nitrogens is 1. The van der Waals surface area contributed by atoms with Crippen molar-refractivity contribution in [3.8, 4) is 0 Å².